The molecule has 0 radical (unpaired) electrons. The highest BCUT2D eigenvalue weighted by Gasteiger charge is 2.38. The number of amides is 1. The lowest BCUT2D eigenvalue weighted by atomic mass is 9.93. The van der Waals surface area contributed by atoms with Crippen LogP contribution in [-0.2, 0) is 4.79 Å². The SMILES string of the molecule is COc1nc(N)c(N)c(C2CCN(C(=O)C3CC3)C2)c1C. The van der Waals surface area contributed by atoms with E-state index in [2.05, 4.69) is 4.98 Å². The highest BCUT2D eigenvalue weighted by atomic mass is 16.5. The van der Waals surface area contributed by atoms with Gasteiger partial charge in [-0.15, -0.1) is 0 Å². The molecule has 4 N–H and O–H groups in total. The van der Waals surface area contributed by atoms with E-state index >= 15 is 0 Å². The van der Waals surface area contributed by atoms with Crippen LogP contribution in [0.25, 0.3) is 0 Å². The molecule has 0 aromatic carbocycles. The second kappa shape index (κ2) is 5.09. The van der Waals surface area contributed by atoms with Gasteiger partial charge in [0.1, 0.15) is 0 Å². The summed E-state index contributed by atoms with van der Waals surface area (Å²) in [4.78, 5) is 18.3. The van der Waals surface area contributed by atoms with Crippen molar-refractivity contribution in [2.45, 2.75) is 32.1 Å². The summed E-state index contributed by atoms with van der Waals surface area (Å²) in [5, 5.41) is 0. The number of hydrogen-bond acceptors (Lipinski definition) is 5. The number of aromatic nitrogens is 1. The Bertz CT molecular complexity index is 584. The van der Waals surface area contributed by atoms with Crippen molar-refractivity contribution in [3.8, 4) is 5.88 Å². The van der Waals surface area contributed by atoms with Gasteiger partial charge in [-0.05, 0) is 31.7 Å². The number of anilines is 2. The number of carbonyl (C=O) groups is 1. The lowest BCUT2D eigenvalue weighted by Gasteiger charge is -2.20. The Labute approximate surface area is 124 Å². The number of nitrogens with zero attached hydrogens (tertiary/aromatic N) is 2. The number of rotatable bonds is 3. The number of nitrogens with two attached hydrogens (primary N) is 2. The minimum absolute atomic E-state index is 0.215. The summed E-state index contributed by atoms with van der Waals surface area (Å²) in [6.07, 6.45) is 2.99. The normalized spacial score (nSPS) is 21.6. The van der Waals surface area contributed by atoms with Crippen molar-refractivity contribution in [3.05, 3.63) is 11.1 Å². The molecule has 1 atom stereocenters. The molecule has 1 saturated heterocycles. The molecule has 2 aliphatic rings. The van der Waals surface area contributed by atoms with Crippen molar-refractivity contribution >= 4 is 17.4 Å². The molecule has 1 amide bonds. The quantitative estimate of drug-likeness (QED) is 0.874. The molecule has 1 aromatic rings. The van der Waals surface area contributed by atoms with Gasteiger partial charge in [-0.3, -0.25) is 4.79 Å². The number of ether oxygens (including phenoxy) is 1. The van der Waals surface area contributed by atoms with Crippen LogP contribution in [0.2, 0.25) is 0 Å². The van der Waals surface area contributed by atoms with E-state index in [1.807, 2.05) is 11.8 Å². The van der Waals surface area contributed by atoms with Crippen LogP contribution in [0.4, 0.5) is 11.5 Å². The van der Waals surface area contributed by atoms with Crippen LogP contribution in [0.1, 0.15) is 36.3 Å². The van der Waals surface area contributed by atoms with Gasteiger partial charge in [-0.1, -0.05) is 0 Å². The second-order valence-corrected chi connectivity index (χ2v) is 6.00. The smallest absolute Gasteiger partial charge is 0.225 e. The average molecular weight is 290 g/mol. The van der Waals surface area contributed by atoms with Gasteiger partial charge < -0.3 is 21.1 Å². The molecule has 1 aromatic heterocycles. The van der Waals surface area contributed by atoms with Gasteiger partial charge in [0.15, 0.2) is 5.82 Å². The van der Waals surface area contributed by atoms with E-state index in [-0.39, 0.29) is 11.8 Å². The summed E-state index contributed by atoms with van der Waals surface area (Å²) in [5.74, 6) is 1.59. The van der Waals surface area contributed by atoms with Gasteiger partial charge in [-0.2, -0.15) is 4.98 Å². The Morgan fingerprint density at radius 3 is 2.67 bits per heavy atom. The second-order valence-electron chi connectivity index (χ2n) is 6.00. The number of hydrogen-bond donors (Lipinski definition) is 2. The Morgan fingerprint density at radius 1 is 1.33 bits per heavy atom. The molecule has 6 nitrogen and oxygen atoms in total. The summed E-state index contributed by atoms with van der Waals surface area (Å²) in [5.41, 5.74) is 14.5. The number of methoxy groups -OCH3 is 1. The van der Waals surface area contributed by atoms with Gasteiger partial charge >= 0.3 is 0 Å². The first kappa shape index (κ1) is 14.0. The predicted molar refractivity (Wildman–Crippen MR) is 81.0 cm³/mol. The van der Waals surface area contributed by atoms with Crippen molar-refractivity contribution in [2.75, 3.05) is 31.7 Å². The first-order chi connectivity index (χ1) is 10.0. The van der Waals surface area contributed by atoms with Crippen molar-refractivity contribution in [2.24, 2.45) is 5.92 Å². The van der Waals surface area contributed by atoms with Gasteiger partial charge in [0.25, 0.3) is 0 Å². The van der Waals surface area contributed by atoms with Crippen LogP contribution in [0.15, 0.2) is 0 Å². The highest BCUT2D eigenvalue weighted by Crippen LogP contribution is 2.40. The van der Waals surface area contributed by atoms with Crippen molar-refractivity contribution < 1.29 is 9.53 Å². The van der Waals surface area contributed by atoms with Gasteiger partial charge in [0.05, 0.1) is 12.8 Å². The van der Waals surface area contributed by atoms with Crippen LogP contribution in [0.3, 0.4) is 0 Å². The third kappa shape index (κ3) is 2.39. The van der Waals surface area contributed by atoms with Gasteiger partial charge in [-0.25, -0.2) is 0 Å². The topological polar surface area (TPSA) is 94.5 Å². The minimum Gasteiger partial charge on any atom is -0.481 e. The summed E-state index contributed by atoms with van der Waals surface area (Å²) < 4.78 is 5.28. The molecule has 114 valence electrons. The number of likely N-dealkylation sites (tertiary alicyclic amines) is 1. The number of pyridine rings is 1. The maximum absolute atomic E-state index is 12.2. The predicted octanol–water partition coefficient (Wildman–Crippen LogP) is 1.29. The largest absolute Gasteiger partial charge is 0.481 e. The molecule has 0 bridgehead atoms. The standard InChI is InChI=1S/C15H22N4O2/c1-8-11(12(16)13(17)18-14(8)21-2)10-5-6-19(7-10)15(20)9-3-4-9/h9-10H,3-7,16H2,1-2H3,(H2,17,18). The van der Waals surface area contributed by atoms with E-state index in [9.17, 15) is 4.79 Å². The van der Waals surface area contributed by atoms with Gasteiger partial charge in [0.2, 0.25) is 11.8 Å². The highest BCUT2D eigenvalue weighted by molar-refractivity contribution is 5.81. The first-order valence-electron chi connectivity index (χ1n) is 7.41. The lowest BCUT2D eigenvalue weighted by molar-refractivity contribution is -0.131. The molecule has 3 rings (SSSR count). The average Bonchev–Trinajstić information content (AvgIpc) is 3.21. The molecule has 1 unspecified atom stereocenters. The van der Waals surface area contributed by atoms with Crippen LogP contribution >= 0.6 is 0 Å². The summed E-state index contributed by atoms with van der Waals surface area (Å²) in [6.45, 7) is 3.46. The maximum atomic E-state index is 12.2. The molecule has 0 spiro atoms. The molecule has 1 aliphatic carbocycles. The van der Waals surface area contributed by atoms with E-state index in [0.717, 1.165) is 36.9 Å². The van der Waals surface area contributed by atoms with Crippen LogP contribution in [0, 0.1) is 12.8 Å². The summed E-state index contributed by atoms with van der Waals surface area (Å²) in [6, 6.07) is 0. The molecule has 2 fully saturated rings. The zero-order chi connectivity index (χ0) is 15.1. The zero-order valence-electron chi connectivity index (χ0n) is 12.6. The number of carbonyl (C=O) groups excluding carboxylic acids is 1. The first-order valence-corrected chi connectivity index (χ1v) is 7.41. The van der Waals surface area contributed by atoms with Crippen molar-refractivity contribution in [1.29, 1.82) is 0 Å². The molecule has 1 saturated carbocycles. The van der Waals surface area contributed by atoms with Gasteiger partial charge in [0, 0.05) is 30.5 Å². The molecule has 21 heavy (non-hydrogen) atoms. The van der Waals surface area contributed by atoms with Crippen LogP contribution < -0.4 is 16.2 Å². The fraction of sp³-hybridized carbons (Fsp3) is 0.600. The molecule has 1 aliphatic heterocycles. The molecule has 2 heterocycles. The third-order valence-corrected chi connectivity index (χ3v) is 4.54. The maximum Gasteiger partial charge on any atom is 0.225 e. The lowest BCUT2D eigenvalue weighted by Crippen LogP contribution is -2.29. The molecular formula is C15H22N4O2. The fourth-order valence-corrected chi connectivity index (χ4v) is 3.22. The summed E-state index contributed by atoms with van der Waals surface area (Å²) in [7, 11) is 1.58. The van der Waals surface area contributed by atoms with E-state index in [1.54, 1.807) is 7.11 Å². The van der Waals surface area contributed by atoms with Crippen molar-refractivity contribution in [3.63, 3.8) is 0 Å². The van der Waals surface area contributed by atoms with Crippen LogP contribution in [-0.4, -0.2) is 36.0 Å². The summed E-state index contributed by atoms with van der Waals surface area (Å²) >= 11 is 0. The Hall–Kier alpha value is -1.98. The van der Waals surface area contributed by atoms with E-state index in [1.165, 1.54) is 0 Å². The van der Waals surface area contributed by atoms with E-state index < -0.39 is 0 Å². The zero-order valence-corrected chi connectivity index (χ0v) is 12.6. The van der Waals surface area contributed by atoms with Crippen molar-refractivity contribution in [1.82, 2.24) is 9.88 Å². The van der Waals surface area contributed by atoms with Crippen LogP contribution in [0.5, 0.6) is 5.88 Å². The minimum atomic E-state index is 0.215. The Morgan fingerprint density at radius 2 is 2.05 bits per heavy atom. The Balaban J connectivity index is 1.87. The van der Waals surface area contributed by atoms with E-state index in [0.29, 0.717) is 29.8 Å². The third-order valence-electron chi connectivity index (χ3n) is 4.54. The molecule has 6 heteroatoms. The van der Waals surface area contributed by atoms with E-state index in [4.69, 9.17) is 16.2 Å². The molecular weight excluding hydrogens is 268 g/mol. The monoisotopic (exact) mass is 290 g/mol. The fourth-order valence-electron chi connectivity index (χ4n) is 3.22. The Kier molecular flexibility index (Phi) is 3.39. The number of nitrogen functional groups attached to an aromatic ring is 2.